The molecule has 0 amide bonds. The van der Waals surface area contributed by atoms with Gasteiger partial charge in [0.15, 0.2) is 0 Å². The second-order valence-corrected chi connectivity index (χ2v) is 3.45. The number of hydrogen-bond acceptors (Lipinski definition) is 5. The SMILES string of the molecule is C=C(C)C(=O)O.CNCCCO.CNCCCO.Cl. The molecular weight excluding hydrogens is 272 g/mol. The van der Waals surface area contributed by atoms with Crippen LogP contribution in [-0.2, 0) is 4.79 Å². The maximum absolute atomic E-state index is 9.60. The Morgan fingerprint density at radius 2 is 1.32 bits per heavy atom. The van der Waals surface area contributed by atoms with Crippen molar-refractivity contribution in [3.05, 3.63) is 12.2 Å². The van der Waals surface area contributed by atoms with Crippen LogP contribution in [0.3, 0.4) is 0 Å². The van der Waals surface area contributed by atoms with E-state index in [0.717, 1.165) is 25.9 Å². The fourth-order valence-electron chi connectivity index (χ4n) is 0.512. The molecule has 7 heteroatoms. The summed E-state index contributed by atoms with van der Waals surface area (Å²) in [5, 5.41) is 30.0. The number of aliphatic hydroxyl groups is 2. The summed E-state index contributed by atoms with van der Waals surface area (Å²) in [4.78, 5) is 9.60. The molecule has 0 aromatic heterocycles. The zero-order valence-corrected chi connectivity index (χ0v) is 12.9. The number of carboxylic acid groups (broad SMARTS) is 1. The summed E-state index contributed by atoms with van der Waals surface area (Å²) in [5.74, 6) is -0.935. The van der Waals surface area contributed by atoms with Gasteiger partial charge in [0.2, 0.25) is 0 Å². The Morgan fingerprint density at radius 3 is 1.37 bits per heavy atom. The van der Waals surface area contributed by atoms with Gasteiger partial charge in [-0.25, -0.2) is 4.79 Å². The topological polar surface area (TPSA) is 102 Å². The van der Waals surface area contributed by atoms with Crippen LogP contribution in [0.4, 0.5) is 0 Å². The molecule has 0 radical (unpaired) electrons. The lowest BCUT2D eigenvalue weighted by Crippen LogP contribution is -2.08. The van der Waals surface area contributed by atoms with Crippen LogP contribution < -0.4 is 10.6 Å². The third-order valence-corrected chi connectivity index (χ3v) is 1.53. The first kappa shape index (κ1) is 26.8. The minimum Gasteiger partial charge on any atom is -0.478 e. The number of carbonyl (C=O) groups is 1. The zero-order valence-electron chi connectivity index (χ0n) is 12.1. The standard InChI is InChI=1S/2C4H11NO.C4H6O2.ClH/c2*1-5-3-2-4-6;1-3(2)4(5)6;/h2*5-6H,2-4H2,1H3;1H2,2H3,(H,5,6);1H. The first-order chi connectivity index (χ1) is 8.47. The Morgan fingerprint density at radius 1 is 1.05 bits per heavy atom. The number of carboxylic acids is 1. The minimum atomic E-state index is -0.935. The van der Waals surface area contributed by atoms with Gasteiger partial charge in [0.25, 0.3) is 0 Å². The summed E-state index contributed by atoms with van der Waals surface area (Å²) in [6.07, 6.45) is 1.72. The van der Waals surface area contributed by atoms with E-state index in [1.165, 1.54) is 6.92 Å². The highest BCUT2D eigenvalue weighted by atomic mass is 35.5. The Bertz CT molecular complexity index is 165. The summed E-state index contributed by atoms with van der Waals surface area (Å²) in [5.41, 5.74) is 0.176. The smallest absolute Gasteiger partial charge is 0.330 e. The highest BCUT2D eigenvalue weighted by Gasteiger charge is 1.90. The number of hydrogen-bond donors (Lipinski definition) is 5. The molecule has 0 aromatic rings. The van der Waals surface area contributed by atoms with Gasteiger partial charge in [-0.2, -0.15) is 0 Å². The van der Waals surface area contributed by atoms with E-state index < -0.39 is 5.97 Å². The van der Waals surface area contributed by atoms with Crippen molar-refractivity contribution in [3.63, 3.8) is 0 Å². The maximum atomic E-state index is 9.60. The van der Waals surface area contributed by atoms with Crippen LogP contribution in [0.1, 0.15) is 19.8 Å². The van der Waals surface area contributed by atoms with Gasteiger partial charge in [-0.3, -0.25) is 0 Å². The van der Waals surface area contributed by atoms with Gasteiger partial charge in [0.1, 0.15) is 0 Å². The van der Waals surface area contributed by atoms with Crippen molar-refractivity contribution in [2.75, 3.05) is 40.4 Å². The molecule has 118 valence electrons. The van der Waals surface area contributed by atoms with Crippen LogP contribution in [0.25, 0.3) is 0 Å². The molecule has 0 fully saturated rings. The number of rotatable bonds is 7. The van der Waals surface area contributed by atoms with Crippen LogP contribution in [0.5, 0.6) is 0 Å². The first-order valence-electron chi connectivity index (χ1n) is 5.87. The van der Waals surface area contributed by atoms with Gasteiger partial charge < -0.3 is 26.0 Å². The van der Waals surface area contributed by atoms with Crippen molar-refractivity contribution < 1.29 is 20.1 Å². The predicted molar refractivity (Wildman–Crippen MR) is 81.0 cm³/mol. The molecule has 0 heterocycles. The van der Waals surface area contributed by atoms with Crippen LogP contribution in [0.15, 0.2) is 12.2 Å². The molecule has 0 unspecified atom stereocenters. The molecule has 0 spiro atoms. The molecule has 0 aliphatic heterocycles. The van der Waals surface area contributed by atoms with E-state index in [1.807, 2.05) is 14.1 Å². The Balaban J connectivity index is -0.0000000865. The summed E-state index contributed by atoms with van der Waals surface area (Å²) < 4.78 is 0. The van der Waals surface area contributed by atoms with Gasteiger partial charge in [-0.05, 0) is 47.0 Å². The summed E-state index contributed by atoms with van der Waals surface area (Å²) >= 11 is 0. The van der Waals surface area contributed by atoms with E-state index in [4.69, 9.17) is 15.3 Å². The molecule has 0 aliphatic rings. The highest BCUT2D eigenvalue weighted by Crippen LogP contribution is 1.81. The third-order valence-electron chi connectivity index (χ3n) is 1.53. The van der Waals surface area contributed by atoms with Crippen molar-refractivity contribution in [3.8, 4) is 0 Å². The number of halogens is 1. The van der Waals surface area contributed by atoms with Crippen molar-refractivity contribution in [1.29, 1.82) is 0 Å². The van der Waals surface area contributed by atoms with E-state index in [2.05, 4.69) is 17.2 Å². The summed E-state index contributed by atoms with van der Waals surface area (Å²) in [7, 11) is 3.74. The molecule has 0 aromatic carbocycles. The summed E-state index contributed by atoms with van der Waals surface area (Å²) in [6, 6.07) is 0. The van der Waals surface area contributed by atoms with Crippen molar-refractivity contribution in [2.24, 2.45) is 0 Å². The molecule has 6 nitrogen and oxygen atoms in total. The number of aliphatic carboxylic acids is 1. The highest BCUT2D eigenvalue weighted by molar-refractivity contribution is 5.85. The molecule has 5 N–H and O–H groups in total. The van der Waals surface area contributed by atoms with Gasteiger partial charge in [-0.1, -0.05) is 6.58 Å². The van der Waals surface area contributed by atoms with Gasteiger partial charge >= 0.3 is 5.97 Å². The molecule has 0 atom stereocenters. The molecule has 0 aliphatic carbocycles. The van der Waals surface area contributed by atoms with Crippen molar-refractivity contribution in [1.82, 2.24) is 10.6 Å². The second-order valence-electron chi connectivity index (χ2n) is 3.45. The lowest BCUT2D eigenvalue weighted by atomic mass is 10.4. The van der Waals surface area contributed by atoms with Crippen LogP contribution in [-0.4, -0.2) is 61.7 Å². The largest absolute Gasteiger partial charge is 0.478 e. The van der Waals surface area contributed by atoms with Gasteiger partial charge in [0, 0.05) is 18.8 Å². The van der Waals surface area contributed by atoms with E-state index in [-0.39, 0.29) is 18.0 Å². The average Bonchev–Trinajstić information content (AvgIpc) is 2.35. The Hall–Kier alpha value is -0.660. The van der Waals surface area contributed by atoms with Crippen molar-refractivity contribution >= 4 is 18.4 Å². The zero-order chi connectivity index (χ0) is 14.8. The normalized spacial score (nSPS) is 8.05. The quantitative estimate of drug-likeness (QED) is 0.341. The minimum absolute atomic E-state index is 0. The lowest BCUT2D eigenvalue weighted by Gasteiger charge is -1.89. The lowest BCUT2D eigenvalue weighted by molar-refractivity contribution is -0.132. The van der Waals surface area contributed by atoms with Gasteiger partial charge in [-0.15, -0.1) is 12.4 Å². The van der Waals surface area contributed by atoms with E-state index in [0.29, 0.717) is 13.2 Å². The van der Waals surface area contributed by atoms with Crippen LogP contribution in [0.2, 0.25) is 0 Å². The second kappa shape index (κ2) is 26.0. The van der Waals surface area contributed by atoms with E-state index in [1.54, 1.807) is 0 Å². The first-order valence-corrected chi connectivity index (χ1v) is 5.87. The number of nitrogens with one attached hydrogen (secondary N) is 2. The van der Waals surface area contributed by atoms with E-state index in [9.17, 15) is 4.79 Å². The fraction of sp³-hybridized carbons (Fsp3) is 0.750. The van der Waals surface area contributed by atoms with Crippen molar-refractivity contribution in [2.45, 2.75) is 19.8 Å². The number of aliphatic hydroxyl groups excluding tert-OH is 2. The predicted octanol–water partition coefficient (Wildman–Crippen LogP) is 0.245. The molecule has 0 rings (SSSR count). The third kappa shape index (κ3) is 46.8. The van der Waals surface area contributed by atoms with Crippen LogP contribution in [0, 0.1) is 0 Å². The maximum Gasteiger partial charge on any atom is 0.330 e. The fourth-order valence-corrected chi connectivity index (χ4v) is 0.512. The van der Waals surface area contributed by atoms with Gasteiger partial charge in [0.05, 0.1) is 0 Å². The van der Waals surface area contributed by atoms with Crippen LogP contribution >= 0.6 is 12.4 Å². The Labute approximate surface area is 122 Å². The molecule has 19 heavy (non-hydrogen) atoms. The molecule has 0 saturated carbocycles. The molecular formula is C12H29ClN2O4. The molecule has 0 bridgehead atoms. The Kier molecular flexibility index (Phi) is 36.7. The monoisotopic (exact) mass is 300 g/mol. The van der Waals surface area contributed by atoms with E-state index >= 15 is 0 Å². The molecule has 0 saturated heterocycles. The average molecular weight is 301 g/mol. The summed E-state index contributed by atoms with van der Waals surface area (Å²) in [6.45, 7) is 7.01.